The van der Waals surface area contributed by atoms with Crippen molar-refractivity contribution in [2.75, 3.05) is 44.7 Å². The molecule has 0 aliphatic carbocycles. The number of nitrogens with one attached hydrogen (secondary N) is 1. The van der Waals surface area contributed by atoms with E-state index in [2.05, 4.69) is 89.1 Å². The molecule has 0 spiro atoms. The largest absolute Gasteiger partial charge is 0.369 e. The minimum atomic E-state index is 0.856. The Balaban J connectivity index is 1.41. The number of nitrogens with zero attached hydrogens (tertiary/aromatic N) is 4. The number of hydrogen-bond donors (Lipinski definition) is 1. The number of anilines is 1. The molecule has 164 valence electrons. The van der Waals surface area contributed by atoms with Gasteiger partial charge in [0, 0.05) is 62.6 Å². The molecule has 2 heterocycles. The highest BCUT2D eigenvalue weighted by molar-refractivity contribution is 5.56. The van der Waals surface area contributed by atoms with Gasteiger partial charge >= 0.3 is 0 Å². The summed E-state index contributed by atoms with van der Waals surface area (Å²) in [6, 6.07) is 17.1. The summed E-state index contributed by atoms with van der Waals surface area (Å²) in [5.41, 5.74) is 9.10. The molecule has 31 heavy (non-hydrogen) atoms. The highest BCUT2D eigenvalue weighted by Gasteiger charge is 2.20. The van der Waals surface area contributed by atoms with Gasteiger partial charge in [0.15, 0.2) is 0 Å². The molecule has 1 aliphatic heterocycles. The Bertz CT molecular complexity index is 1000. The Morgan fingerprint density at radius 1 is 0.903 bits per heavy atom. The van der Waals surface area contributed by atoms with Crippen molar-refractivity contribution >= 4 is 5.69 Å². The Morgan fingerprint density at radius 3 is 2.35 bits per heavy atom. The minimum absolute atomic E-state index is 0.856. The van der Waals surface area contributed by atoms with Crippen LogP contribution in [0.25, 0.3) is 5.69 Å². The van der Waals surface area contributed by atoms with E-state index in [1.807, 2.05) is 7.05 Å². The summed E-state index contributed by atoms with van der Waals surface area (Å²) >= 11 is 0. The summed E-state index contributed by atoms with van der Waals surface area (Å²) in [5, 5.41) is 8.33. The van der Waals surface area contributed by atoms with Gasteiger partial charge in [-0.15, -0.1) is 0 Å². The lowest BCUT2D eigenvalue weighted by Crippen LogP contribution is -2.47. The van der Waals surface area contributed by atoms with Crippen LogP contribution >= 0.6 is 0 Å². The molecule has 1 aromatic heterocycles. The van der Waals surface area contributed by atoms with Gasteiger partial charge in [-0.2, -0.15) is 5.10 Å². The third-order valence-electron chi connectivity index (χ3n) is 6.63. The van der Waals surface area contributed by atoms with E-state index in [1.54, 1.807) is 0 Å². The van der Waals surface area contributed by atoms with E-state index in [0.29, 0.717) is 0 Å². The van der Waals surface area contributed by atoms with E-state index in [1.165, 1.54) is 33.8 Å². The molecule has 3 aromatic rings. The van der Waals surface area contributed by atoms with Crippen molar-refractivity contribution in [3.8, 4) is 5.69 Å². The van der Waals surface area contributed by atoms with E-state index in [-0.39, 0.29) is 0 Å². The minimum Gasteiger partial charge on any atom is -0.369 e. The normalized spacial score (nSPS) is 14.9. The van der Waals surface area contributed by atoms with Crippen molar-refractivity contribution in [3.63, 3.8) is 0 Å². The maximum atomic E-state index is 5.01. The predicted molar refractivity (Wildman–Crippen MR) is 129 cm³/mol. The lowest BCUT2D eigenvalue weighted by molar-refractivity contribution is 0.260. The first kappa shape index (κ1) is 21.6. The topological polar surface area (TPSA) is 36.3 Å². The highest BCUT2D eigenvalue weighted by atomic mass is 15.3. The van der Waals surface area contributed by atoms with Crippen molar-refractivity contribution in [1.82, 2.24) is 20.0 Å². The first-order chi connectivity index (χ1) is 15.1. The lowest BCUT2D eigenvalue weighted by atomic mass is 10.1. The maximum Gasteiger partial charge on any atom is 0.0689 e. The monoisotopic (exact) mass is 417 g/mol. The van der Waals surface area contributed by atoms with Gasteiger partial charge in [0.2, 0.25) is 0 Å². The van der Waals surface area contributed by atoms with Gasteiger partial charge in [-0.25, -0.2) is 4.68 Å². The first-order valence-electron chi connectivity index (χ1n) is 11.4. The lowest BCUT2D eigenvalue weighted by Gasteiger charge is -2.37. The second-order valence-electron chi connectivity index (χ2n) is 8.59. The van der Waals surface area contributed by atoms with Crippen LogP contribution in [0, 0.1) is 20.8 Å². The first-order valence-corrected chi connectivity index (χ1v) is 11.4. The summed E-state index contributed by atoms with van der Waals surface area (Å²) in [7, 11) is 2.01. The molecule has 1 aliphatic rings. The molecule has 1 saturated heterocycles. The second-order valence-corrected chi connectivity index (χ2v) is 8.59. The van der Waals surface area contributed by atoms with Crippen molar-refractivity contribution in [2.45, 2.75) is 33.7 Å². The Kier molecular flexibility index (Phi) is 6.73. The Labute approximate surface area is 186 Å². The fourth-order valence-corrected chi connectivity index (χ4v) is 4.58. The SMILES string of the molecule is CNCc1c(CCN2CCN(c3cccc(C)c3C)CC2)nn(-c2ccccc2)c1C. The molecule has 0 atom stereocenters. The van der Waals surface area contributed by atoms with Crippen molar-refractivity contribution in [3.05, 3.63) is 76.6 Å². The van der Waals surface area contributed by atoms with Gasteiger partial charge in [0.1, 0.15) is 0 Å². The molecule has 5 nitrogen and oxygen atoms in total. The maximum absolute atomic E-state index is 5.01. The van der Waals surface area contributed by atoms with Crippen LogP contribution in [-0.4, -0.2) is 54.5 Å². The number of para-hydroxylation sites is 1. The zero-order valence-corrected chi connectivity index (χ0v) is 19.4. The number of piperazine rings is 1. The fraction of sp³-hybridized carbons (Fsp3) is 0.423. The predicted octanol–water partition coefficient (Wildman–Crippen LogP) is 3.88. The van der Waals surface area contributed by atoms with Crippen LogP contribution < -0.4 is 10.2 Å². The molecule has 0 radical (unpaired) electrons. The van der Waals surface area contributed by atoms with E-state index in [9.17, 15) is 0 Å². The van der Waals surface area contributed by atoms with Crippen LogP contribution in [0.2, 0.25) is 0 Å². The molecule has 0 unspecified atom stereocenters. The van der Waals surface area contributed by atoms with Gasteiger partial charge in [-0.3, -0.25) is 4.90 Å². The third kappa shape index (κ3) is 4.68. The fourth-order valence-electron chi connectivity index (χ4n) is 4.58. The van der Waals surface area contributed by atoms with Crippen LogP contribution in [0.3, 0.4) is 0 Å². The molecular formula is C26H35N5. The van der Waals surface area contributed by atoms with Crippen molar-refractivity contribution < 1.29 is 0 Å². The van der Waals surface area contributed by atoms with Gasteiger partial charge in [-0.1, -0.05) is 30.3 Å². The van der Waals surface area contributed by atoms with Crippen LogP contribution in [0.5, 0.6) is 0 Å². The van der Waals surface area contributed by atoms with E-state index >= 15 is 0 Å². The average molecular weight is 418 g/mol. The molecule has 5 heteroatoms. The Hall–Kier alpha value is -2.63. The summed E-state index contributed by atoms with van der Waals surface area (Å²) in [5.74, 6) is 0. The second kappa shape index (κ2) is 9.67. The van der Waals surface area contributed by atoms with Gasteiger partial charge in [-0.05, 0) is 57.1 Å². The van der Waals surface area contributed by atoms with Crippen LogP contribution in [0.1, 0.15) is 28.1 Å². The zero-order valence-electron chi connectivity index (χ0n) is 19.4. The van der Waals surface area contributed by atoms with Crippen molar-refractivity contribution in [2.24, 2.45) is 0 Å². The number of rotatable bonds is 7. The molecule has 2 aromatic carbocycles. The molecule has 1 fully saturated rings. The number of benzene rings is 2. The molecule has 0 saturated carbocycles. The highest BCUT2D eigenvalue weighted by Crippen LogP contribution is 2.24. The summed E-state index contributed by atoms with van der Waals surface area (Å²) < 4.78 is 2.10. The molecule has 0 bridgehead atoms. The zero-order chi connectivity index (χ0) is 21.8. The van der Waals surface area contributed by atoms with Crippen LogP contribution in [0.15, 0.2) is 48.5 Å². The van der Waals surface area contributed by atoms with E-state index in [0.717, 1.165) is 51.4 Å². The number of aryl methyl sites for hydroxylation is 1. The Morgan fingerprint density at radius 2 is 1.65 bits per heavy atom. The third-order valence-corrected chi connectivity index (χ3v) is 6.63. The summed E-state index contributed by atoms with van der Waals surface area (Å²) in [6.07, 6.45) is 0.987. The molecule has 1 N–H and O–H groups in total. The van der Waals surface area contributed by atoms with Crippen LogP contribution in [-0.2, 0) is 13.0 Å². The quantitative estimate of drug-likeness (QED) is 0.633. The molecular weight excluding hydrogens is 382 g/mol. The standard InChI is InChI=1S/C26H35N5/c1-20-9-8-12-26(21(20)2)30-17-15-29(16-18-30)14-13-25-24(19-27-4)22(3)31(28-25)23-10-6-5-7-11-23/h5-12,27H,13-19H2,1-4H3. The number of hydrogen-bond acceptors (Lipinski definition) is 4. The smallest absolute Gasteiger partial charge is 0.0689 e. The van der Waals surface area contributed by atoms with Crippen molar-refractivity contribution in [1.29, 1.82) is 0 Å². The molecule has 4 rings (SSSR count). The summed E-state index contributed by atoms with van der Waals surface area (Å²) in [6.45, 7) is 12.9. The number of aromatic nitrogens is 2. The van der Waals surface area contributed by atoms with Gasteiger partial charge in [0.05, 0.1) is 11.4 Å². The van der Waals surface area contributed by atoms with Gasteiger partial charge < -0.3 is 10.2 Å². The molecule has 0 amide bonds. The van der Waals surface area contributed by atoms with E-state index < -0.39 is 0 Å². The van der Waals surface area contributed by atoms with Crippen LogP contribution in [0.4, 0.5) is 5.69 Å². The van der Waals surface area contributed by atoms with E-state index in [4.69, 9.17) is 5.10 Å². The average Bonchev–Trinajstić information content (AvgIpc) is 3.11. The van der Waals surface area contributed by atoms with Gasteiger partial charge in [0.25, 0.3) is 0 Å². The summed E-state index contributed by atoms with van der Waals surface area (Å²) in [4.78, 5) is 5.13.